The number of benzene rings is 3. The van der Waals surface area contributed by atoms with E-state index in [0.717, 1.165) is 33.8 Å². The molecule has 0 aliphatic carbocycles. The summed E-state index contributed by atoms with van der Waals surface area (Å²) in [7, 11) is 0. The quantitative estimate of drug-likeness (QED) is 0.625. The number of hydrogen-bond acceptors (Lipinski definition) is 2. The Labute approximate surface area is 156 Å². The molecule has 0 N–H and O–H groups in total. The topological polar surface area (TPSA) is 20.3 Å². The van der Waals surface area contributed by atoms with E-state index in [0.29, 0.717) is 6.42 Å². The molecule has 1 aliphatic heterocycles. The highest BCUT2D eigenvalue weighted by Crippen LogP contribution is 2.38. The molecule has 1 heterocycles. The number of rotatable bonds is 3. The van der Waals surface area contributed by atoms with Crippen LogP contribution in [0.15, 0.2) is 66.7 Å². The van der Waals surface area contributed by atoms with Gasteiger partial charge in [0.05, 0.1) is 6.42 Å². The Morgan fingerprint density at radius 3 is 2.64 bits per heavy atom. The van der Waals surface area contributed by atoms with E-state index in [1.54, 1.807) is 0 Å². The van der Waals surface area contributed by atoms with Crippen LogP contribution in [0, 0.1) is 0 Å². The van der Waals surface area contributed by atoms with Crippen molar-refractivity contribution in [2.24, 2.45) is 0 Å². The number of fused-ring (bicyclic) bond motifs is 1. The fourth-order valence-corrected chi connectivity index (χ4v) is 4.74. The minimum atomic E-state index is 0.0831. The van der Waals surface area contributed by atoms with Crippen LogP contribution in [0.3, 0.4) is 0 Å². The minimum Gasteiger partial charge on any atom is -0.325 e. The number of carbonyl (C=O) groups excluding carboxylic acids is 1. The maximum atomic E-state index is 13.0. The van der Waals surface area contributed by atoms with Crippen LogP contribution in [0.4, 0.5) is 0 Å². The molecule has 25 heavy (non-hydrogen) atoms. The summed E-state index contributed by atoms with van der Waals surface area (Å²) in [6, 6.07) is 22.2. The van der Waals surface area contributed by atoms with Gasteiger partial charge in [0, 0.05) is 17.3 Å². The molecule has 0 radical (unpaired) electrons. The molecule has 1 fully saturated rings. The summed E-state index contributed by atoms with van der Waals surface area (Å²) < 4.78 is 0. The Balaban J connectivity index is 1.58. The van der Waals surface area contributed by atoms with Gasteiger partial charge in [-0.15, -0.1) is 11.8 Å². The third-order valence-electron chi connectivity index (χ3n) is 4.59. The van der Waals surface area contributed by atoms with Crippen molar-refractivity contribution in [1.29, 1.82) is 0 Å². The standard InChI is InChI=1S/C21H18ClNOS/c22-18-10-8-16(9-11-18)21-23(12-13-25-21)20(24)14-17-6-3-5-15-4-1-2-7-19(15)17/h1-11,21H,12-14H2. The first-order chi connectivity index (χ1) is 12.2. The predicted octanol–water partition coefficient (Wildman–Crippen LogP) is 5.31. The van der Waals surface area contributed by atoms with Gasteiger partial charge >= 0.3 is 0 Å². The maximum absolute atomic E-state index is 13.0. The zero-order chi connectivity index (χ0) is 17.2. The van der Waals surface area contributed by atoms with E-state index >= 15 is 0 Å². The number of halogens is 1. The highest BCUT2D eigenvalue weighted by Gasteiger charge is 2.30. The average molecular weight is 368 g/mol. The van der Waals surface area contributed by atoms with Gasteiger partial charge < -0.3 is 4.90 Å². The molecule has 126 valence electrons. The molecule has 1 unspecified atom stereocenters. The summed E-state index contributed by atoms with van der Waals surface area (Å²) in [5.74, 6) is 1.15. The summed E-state index contributed by atoms with van der Waals surface area (Å²) in [6.07, 6.45) is 0.437. The van der Waals surface area contributed by atoms with E-state index < -0.39 is 0 Å². The first-order valence-electron chi connectivity index (χ1n) is 8.35. The highest BCUT2D eigenvalue weighted by atomic mass is 35.5. The largest absolute Gasteiger partial charge is 0.325 e. The molecule has 0 aromatic heterocycles. The predicted molar refractivity (Wildman–Crippen MR) is 106 cm³/mol. The first kappa shape index (κ1) is 16.5. The lowest BCUT2D eigenvalue weighted by Gasteiger charge is -2.24. The van der Waals surface area contributed by atoms with Crippen LogP contribution >= 0.6 is 23.4 Å². The average Bonchev–Trinajstić information content (AvgIpc) is 3.12. The lowest BCUT2D eigenvalue weighted by molar-refractivity contribution is -0.130. The third-order valence-corrected chi connectivity index (χ3v) is 6.10. The SMILES string of the molecule is O=C(Cc1cccc2ccccc12)N1CCSC1c1ccc(Cl)cc1. The van der Waals surface area contributed by atoms with Gasteiger partial charge in [0.2, 0.25) is 5.91 Å². The van der Waals surface area contributed by atoms with Crippen LogP contribution in [0.5, 0.6) is 0 Å². The Bertz CT molecular complexity index is 904. The second-order valence-electron chi connectivity index (χ2n) is 6.18. The van der Waals surface area contributed by atoms with Crippen molar-refractivity contribution in [2.75, 3.05) is 12.3 Å². The summed E-state index contributed by atoms with van der Waals surface area (Å²) in [5.41, 5.74) is 2.23. The van der Waals surface area contributed by atoms with Gasteiger partial charge in [0.15, 0.2) is 0 Å². The Morgan fingerprint density at radius 2 is 1.80 bits per heavy atom. The smallest absolute Gasteiger partial charge is 0.228 e. The molecule has 2 nitrogen and oxygen atoms in total. The van der Waals surface area contributed by atoms with Crippen molar-refractivity contribution in [3.8, 4) is 0 Å². The fraction of sp³-hybridized carbons (Fsp3) is 0.190. The van der Waals surface area contributed by atoms with Gasteiger partial charge in [0.25, 0.3) is 0 Å². The highest BCUT2D eigenvalue weighted by molar-refractivity contribution is 7.99. The van der Waals surface area contributed by atoms with Crippen LogP contribution < -0.4 is 0 Å². The second kappa shape index (κ2) is 7.11. The molecule has 3 aromatic carbocycles. The molecule has 3 aromatic rings. The van der Waals surface area contributed by atoms with Crippen LogP contribution in [0.25, 0.3) is 10.8 Å². The monoisotopic (exact) mass is 367 g/mol. The molecule has 1 saturated heterocycles. The fourth-order valence-electron chi connectivity index (χ4n) is 3.34. The Morgan fingerprint density at radius 1 is 1.04 bits per heavy atom. The van der Waals surface area contributed by atoms with Crippen molar-refractivity contribution in [3.63, 3.8) is 0 Å². The van der Waals surface area contributed by atoms with Crippen molar-refractivity contribution in [2.45, 2.75) is 11.8 Å². The zero-order valence-electron chi connectivity index (χ0n) is 13.7. The summed E-state index contributed by atoms with van der Waals surface area (Å²) in [6.45, 7) is 0.793. The molecular weight excluding hydrogens is 350 g/mol. The van der Waals surface area contributed by atoms with Crippen LogP contribution in [-0.2, 0) is 11.2 Å². The number of thioether (sulfide) groups is 1. The van der Waals surface area contributed by atoms with Gasteiger partial charge in [-0.1, -0.05) is 66.2 Å². The van der Waals surface area contributed by atoms with Crippen LogP contribution in [0.2, 0.25) is 5.02 Å². The molecule has 1 aliphatic rings. The van der Waals surface area contributed by atoms with Crippen molar-refractivity contribution in [3.05, 3.63) is 82.9 Å². The van der Waals surface area contributed by atoms with E-state index in [1.165, 1.54) is 5.39 Å². The number of carbonyl (C=O) groups is 1. The molecule has 0 spiro atoms. The first-order valence-corrected chi connectivity index (χ1v) is 9.78. The molecule has 0 bridgehead atoms. The molecule has 1 atom stereocenters. The van der Waals surface area contributed by atoms with Crippen LogP contribution in [-0.4, -0.2) is 23.1 Å². The molecular formula is C21H18ClNOS. The lowest BCUT2D eigenvalue weighted by Crippen LogP contribution is -2.31. The molecule has 0 saturated carbocycles. The minimum absolute atomic E-state index is 0.0831. The normalized spacial score (nSPS) is 17.2. The van der Waals surface area contributed by atoms with Crippen molar-refractivity contribution < 1.29 is 4.79 Å². The Kier molecular flexibility index (Phi) is 4.69. The summed E-state index contributed by atoms with van der Waals surface area (Å²) >= 11 is 7.81. The van der Waals surface area contributed by atoms with E-state index in [4.69, 9.17) is 11.6 Å². The van der Waals surface area contributed by atoms with E-state index in [9.17, 15) is 4.79 Å². The van der Waals surface area contributed by atoms with Gasteiger partial charge in [0.1, 0.15) is 5.37 Å². The van der Waals surface area contributed by atoms with Crippen molar-refractivity contribution in [1.82, 2.24) is 4.90 Å². The summed E-state index contributed by atoms with van der Waals surface area (Å²) in [5, 5.41) is 3.14. The number of nitrogens with zero attached hydrogens (tertiary/aromatic N) is 1. The van der Waals surface area contributed by atoms with Gasteiger partial charge in [-0.05, 0) is 34.0 Å². The Hall–Kier alpha value is -1.97. The zero-order valence-corrected chi connectivity index (χ0v) is 15.3. The van der Waals surface area contributed by atoms with Gasteiger partial charge in [-0.25, -0.2) is 0 Å². The van der Waals surface area contributed by atoms with Gasteiger partial charge in [-0.3, -0.25) is 4.79 Å². The summed E-state index contributed by atoms with van der Waals surface area (Å²) in [4.78, 5) is 15.0. The number of hydrogen-bond donors (Lipinski definition) is 0. The third kappa shape index (κ3) is 3.39. The van der Waals surface area contributed by atoms with Crippen molar-refractivity contribution >= 4 is 40.0 Å². The van der Waals surface area contributed by atoms with E-state index in [2.05, 4.69) is 24.3 Å². The molecule has 4 rings (SSSR count). The lowest BCUT2D eigenvalue weighted by atomic mass is 10.0. The maximum Gasteiger partial charge on any atom is 0.228 e. The van der Waals surface area contributed by atoms with Gasteiger partial charge in [-0.2, -0.15) is 0 Å². The second-order valence-corrected chi connectivity index (χ2v) is 7.80. The molecule has 1 amide bonds. The number of amides is 1. The van der Waals surface area contributed by atoms with Crippen LogP contribution in [0.1, 0.15) is 16.5 Å². The molecule has 4 heteroatoms. The van der Waals surface area contributed by atoms with E-state index in [-0.39, 0.29) is 11.3 Å². The van der Waals surface area contributed by atoms with E-state index in [1.807, 2.05) is 59.1 Å².